The number of carbonyl (C=O) groups is 5. The van der Waals surface area contributed by atoms with Gasteiger partial charge in [0.2, 0.25) is 23.6 Å². The molecule has 0 saturated carbocycles. The molecule has 12 heteroatoms. The monoisotopic (exact) mass is 433 g/mol. The van der Waals surface area contributed by atoms with E-state index in [0.29, 0.717) is 6.42 Å². The number of nitrogens with one attached hydrogen (secondary N) is 3. The second-order valence-corrected chi connectivity index (χ2v) is 7.16. The molecule has 166 valence electrons. The first-order valence-corrected chi connectivity index (χ1v) is 9.86. The molecule has 5 unspecified atom stereocenters. The van der Waals surface area contributed by atoms with Crippen LogP contribution >= 0.6 is 12.6 Å². The normalized spacial score (nSPS) is 15.9. The highest BCUT2D eigenvalue weighted by molar-refractivity contribution is 7.80. The Morgan fingerprint density at radius 3 is 2.03 bits per heavy atom. The minimum atomic E-state index is -1.33. The minimum Gasteiger partial charge on any atom is -0.480 e. The van der Waals surface area contributed by atoms with Crippen LogP contribution in [-0.2, 0) is 24.0 Å². The Labute approximate surface area is 175 Å². The zero-order valence-corrected chi connectivity index (χ0v) is 17.7. The van der Waals surface area contributed by atoms with Gasteiger partial charge in [0.1, 0.15) is 18.1 Å². The number of amides is 4. The molecule has 0 aliphatic rings. The van der Waals surface area contributed by atoms with E-state index in [-0.39, 0.29) is 24.5 Å². The second-order valence-electron chi connectivity index (χ2n) is 6.80. The number of rotatable bonds is 13. The SMILES string of the molecule is CCC(C)C(NC(=O)C(N)CS)C(=O)NC(C)C(=O)NC(CCC(N)=O)C(=O)O. The molecule has 0 heterocycles. The molecular formula is C17H31N5O6S. The van der Waals surface area contributed by atoms with Gasteiger partial charge in [0, 0.05) is 12.2 Å². The van der Waals surface area contributed by atoms with Crippen LogP contribution in [0.15, 0.2) is 0 Å². The molecule has 0 aromatic heterocycles. The molecule has 0 aromatic rings. The predicted molar refractivity (Wildman–Crippen MR) is 109 cm³/mol. The highest BCUT2D eigenvalue weighted by Gasteiger charge is 2.30. The molecular weight excluding hydrogens is 402 g/mol. The lowest BCUT2D eigenvalue weighted by Gasteiger charge is -2.26. The van der Waals surface area contributed by atoms with E-state index in [1.807, 2.05) is 6.92 Å². The van der Waals surface area contributed by atoms with Crippen LogP contribution in [0.5, 0.6) is 0 Å². The Morgan fingerprint density at radius 2 is 1.59 bits per heavy atom. The Bertz CT molecular complexity index is 617. The van der Waals surface area contributed by atoms with E-state index in [4.69, 9.17) is 16.6 Å². The van der Waals surface area contributed by atoms with Crippen LogP contribution in [0.2, 0.25) is 0 Å². The maximum Gasteiger partial charge on any atom is 0.326 e. The molecule has 5 atom stereocenters. The van der Waals surface area contributed by atoms with Crippen molar-refractivity contribution in [2.24, 2.45) is 17.4 Å². The average Bonchev–Trinajstić information content (AvgIpc) is 2.66. The first-order valence-electron chi connectivity index (χ1n) is 9.23. The van der Waals surface area contributed by atoms with Gasteiger partial charge in [0.15, 0.2) is 0 Å². The number of thiol groups is 1. The number of primary amides is 1. The van der Waals surface area contributed by atoms with Crippen molar-refractivity contribution in [1.82, 2.24) is 16.0 Å². The molecule has 0 fully saturated rings. The van der Waals surface area contributed by atoms with Crippen molar-refractivity contribution < 1.29 is 29.1 Å². The van der Waals surface area contributed by atoms with Gasteiger partial charge in [-0.3, -0.25) is 19.2 Å². The van der Waals surface area contributed by atoms with Crippen molar-refractivity contribution in [1.29, 1.82) is 0 Å². The zero-order valence-electron chi connectivity index (χ0n) is 16.8. The van der Waals surface area contributed by atoms with E-state index in [2.05, 4.69) is 28.6 Å². The van der Waals surface area contributed by atoms with Gasteiger partial charge in [-0.05, 0) is 19.3 Å². The lowest BCUT2D eigenvalue weighted by atomic mass is 9.97. The Kier molecular flexibility index (Phi) is 11.9. The molecule has 0 spiro atoms. The smallest absolute Gasteiger partial charge is 0.326 e. The van der Waals surface area contributed by atoms with Crippen molar-refractivity contribution in [3.63, 3.8) is 0 Å². The number of aliphatic carboxylic acids is 1. The quantitative estimate of drug-likeness (QED) is 0.165. The summed E-state index contributed by atoms with van der Waals surface area (Å²) >= 11 is 3.95. The first kappa shape index (κ1) is 26.7. The lowest BCUT2D eigenvalue weighted by molar-refractivity contribution is -0.142. The van der Waals surface area contributed by atoms with Crippen LogP contribution in [0.25, 0.3) is 0 Å². The number of hydrogen-bond acceptors (Lipinski definition) is 7. The van der Waals surface area contributed by atoms with Crippen LogP contribution in [0.4, 0.5) is 0 Å². The third kappa shape index (κ3) is 9.61. The summed E-state index contributed by atoms with van der Waals surface area (Å²) in [5, 5.41) is 16.4. The summed E-state index contributed by atoms with van der Waals surface area (Å²) in [5.41, 5.74) is 10.6. The fraction of sp³-hybridized carbons (Fsp3) is 0.706. The molecule has 0 aromatic carbocycles. The molecule has 29 heavy (non-hydrogen) atoms. The topological polar surface area (TPSA) is 194 Å². The molecule has 0 saturated heterocycles. The van der Waals surface area contributed by atoms with Crippen molar-refractivity contribution in [2.75, 3.05) is 5.75 Å². The van der Waals surface area contributed by atoms with Crippen molar-refractivity contribution >= 4 is 42.2 Å². The lowest BCUT2D eigenvalue weighted by Crippen LogP contribution is -2.58. The summed E-state index contributed by atoms with van der Waals surface area (Å²) in [4.78, 5) is 58.9. The molecule has 0 rings (SSSR count). The van der Waals surface area contributed by atoms with Crippen molar-refractivity contribution in [3.8, 4) is 0 Å². The van der Waals surface area contributed by atoms with Crippen LogP contribution in [0.3, 0.4) is 0 Å². The number of carboxylic acid groups (broad SMARTS) is 1. The maximum absolute atomic E-state index is 12.6. The Hall–Kier alpha value is -2.34. The first-order chi connectivity index (χ1) is 13.4. The van der Waals surface area contributed by atoms with Crippen molar-refractivity contribution in [3.05, 3.63) is 0 Å². The number of hydrogen-bond donors (Lipinski definition) is 7. The Morgan fingerprint density at radius 1 is 1.00 bits per heavy atom. The van der Waals surface area contributed by atoms with Crippen molar-refractivity contribution in [2.45, 2.75) is 64.2 Å². The number of carbonyl (C=O) groups excluding carboxylic acids is 4. The van der Waals surface area contributed by atoms with Gasteiger partial charge in [-0.25, -0.2) is 4.79 Å². The average molecular weight is 434 g/mol. The maximum atomic E-state index is 12.6. The molecule has 0 radical (unpaired) electrons. The van der Waals surface area contributed by atoms with E-state index >= 15 is 0 Å². The highest BCUT2D eigenvalue weighted by atomic mass is 32.1. The van der Waals surface area contributed by atoms with Crippen LogP contribution in [0.1, 0.15) is 40.0 Å². The van der Waals surface area contributed by atoms with Gasteiger partial charge in [-0.1, -0.05) is 20.3 Å². The van der Waals surface area contributed by atoms with E-state index < -0.39 is 53.8 Å². The largest absolute Gasteiger partial charge is 0.480 e. The van der Waals surface area contributed by atoms with Gasteiger partial charge in [0.25, 0.3) is 0 Å². The molecule has 0 aliphatic heterocycles. The van der Waals surface area contributed by atoms with Gasteiger partial charge < -0.3 is 32.5 Å². The van der Waals surface area contributed by atoms with Crippen LogP contribution in [0, 0.1) is 5.92 Å². The number of carboxylic acids is 1. The standard InChI is InChI=1S/C17H31N5O6S/c1-4-8(2)13(22-15(25)10(18)7-29)16(26)20-9(3)14(24)21-11(17(27)28)5-6-12(19)23/h8-11,13,29H,4-7,18H2,1-3H3,(H2,19,23)(H,20,26)(H,21,24)(H,22,25)(H,27,28). The molecule has 0 aliphatic carbocycles. The second kappa shape index (κ2) is 13.0. The molecule has 11 nitrogen and oxygen atoms in total. The van der Waals surface area contributed by atoms with E-state index in [1.54, 1.807) is 6.92 Å². The minimum absolute atomic E-state index is 0.0986. The van der Waals surface area contributed by atoms with Gasteiger partial charge in [-0.2, -0.15) is 12.6 Å². The van der Waals surface area contributed by atoms with Gasteiger partial charge in [0.05, 0.1) is 6.04 Å². The molecule has 4 amide bonds. The third-order valence-electron chi connectivity index (χ3n) is 4.37. The third-order valence-corrected chi connectivity index (χ3v) is 4.77. The van der Waals surface area contributed by atoms with E-state index in [0.717, 1.165) is 0 Å². The summed E-state index contributed by atoms with van der Waals surface area (Å²) < 4.78 is 0. The highest BCUT2D eigenvalue weighted by Crippen LogP contribution is 2.09. The summed E-state index contributed by atoms with van der Waals surface area (Å²) in [6.45, 7) is 4.96. The molecule has 8 N–H and O–H groups in total. The fourth-order valence-electron chi connectivity index (χ4n) is 2.25. The zero-order chi connectivity index (χ0) is 22.7. The predicted octanol–water partition coefficient (Wildman–Crippen LogP) is -1.89. The van der Waals surface area contributed by atoms with Crippen LogP contribution in [-0.4, -0.2) is 64.6 Å². The van der Waals surface area contributed by atoms with Gasteiger partial charge in [-0.15, -0.1) is 0 Å². The molecule has 0 bridgehead atoms. The fourth-order valence-corrected chi connectivity index (χ4v) is 2.42. The van der Waals surface area contributed by atoms with E-state index in [9.17, 15) is 24.0 Å². The summed E-state index contributed by atoms with van der Waals surface area (Å²) in [6.07, 6.45) is 0.180. The van der Waals surface area contributed by atoms with Gasteiger partial charge >= 0.3 is 5.97 Å². The summed E-state index contributed by atoms with van der Waals surface area (Å²) in [6, 6.07) is -4.23. The number of nitrogens with two attached hydrogens (primary N) is 2. The van der Waals surface area contributed by atoms with Crippen LogP contribution < -0.4 is 27.4 Å². The summed E-state index contributed by atoms with van der Waals surface area (Å²) in [7, 11) is 0. The summed E-state index contributed by atoms with van der Waals surface area (Å²) in [5.74, 6) is -4.08. The van der Waals surface area contributed by atoms with E-state index in [1.165, 1.54) is 6.92 Å². The Balaban J connectivity index is 5.05.